The molecular weight excluding hydrogens is 361 g/mol. The Kier molecular flexibility index (Phi) is 4.66. The molecular formula is C14H15ClFN3O2S2. The molecule has 9 heteroatoms. The van der Waals surface area contributed by atoms with Crippen molar-refractivity contribution < 1.29 is 12.8 Å². The van der Waals surface area contributed by atoms with E-state index in [0.717, 1.165) is 5.56 Å². The van der Waals surface area contributed by atoms with E-state index in [2.05, 4.69) is 10.2 Å². The predicted molar refractivity (Wildman–Crippen MR) is 88.0 cm³/mol. The molecule has 1 fully saturated rings. The van der Waals surface area contributed by atoms with Crippen molar-refractivity contribution in [2.75, 3.05) is 11.5 Å². The molecule has 3 rings (SSSR count). The number of rotatable bonds is 4. The predicted octanol–water partition coefficient (Wildman–Crippen LogP) is 2.80. The molecule has 1 aliphatic rings. The van der Waals surface area contributed by atoms with Crippen LogP contribution in [0.1, 0.15) is 23.7 Å². The van der Waals surface area contributed by atoms with Gasteiger partial charge in [0.05, 0.1) is 11.5 Å². The lowest BCUT2D eigenvalue weighted by Crippen LogP contribution is -2.09. The third-order valence-electron chi connectivity index (χ3n) is 3.84. The fourth-order valence-corrected chi connectivity index (χ4v) is 5.56. The molecule has 0 bridgehead atoms. The average molecular weight is 376 g/mol. The van der Waals surface area contributed by atoms with Crippen LogP contribution in [0.25, 0.3) is 0 Å². The highest BCUT2D eigenvalue weighted by Crippen LogP contribution is 2.31. The van der Waals surface area contributed by atoms with Crippen molar-refractivity contribution in [2.45, 2.75) is 23.2 Å². The monoisotopic (exact) mass is 375 g/mol. The van der Waals surface area contributed by atoms with Gasteiger partial charge in [0, 0.05) is 23.7 Å². The average Bonchev–Trinajstić information content (AvgIpc) is 3.01. The highest BCUT2D eigenvalue weighted by molar-refractivity contribution is 7.98. The van der Waals surface area contributed by atoms with Gasteiger partial charge in [0.1, 0.15) is 11.6 Å². The third kappa shape index (κ3) is 3.70. The number of thioether (sulfide) groups is 1. The number of benzene rings is 1. The summed E-state index contributed by atoms with van der Waals surface area (Å²) in [6.45, 7) is 0. The molecule has 1 saturated heterocycles. The number of halogens is 2. The second kappa shape index (κ2) is 6.41. The van der Waals surface area contributed by atoms with Gasteiger partial charge in [-0.2, -0.15) is 0 Å². The maximum atomic E-state index is 13.0. The lowest BCUT2D eigenvalue weighted by Gasteiger charge is -2.08. The molecule has 0 spiro atoms. The summed E-state index contributed by atoms with van der Waals surface area (Å²) in [6, 6.07) is 4.29. The lowest BCUT2D eigenvalue weighted by atomic mass is 10.1. The second-order valence-electron chi connectivity index (χ2n) is 5.52. The molecule has 2 heterocycles. The SMILES string of the molecule is Cn1c(SCc2ccc(F)cc2Cl)nnc1[C@H]1CCS(=O)(=O)C1. The van der Waals surface area contributed by atoms with Crippen LogP contribution in [0.3, 0.4) is 0 Å². The summed E-state index contributed by atoms with van der Waals surface area (Å²) < 4.78 is 38.1. The quantitative estimate of drug-likeness (QED) is 0.769. The van der Waals surface area contributed by atoms with Crippen molar-refractivity contribution in [1.29, 1.82) is 0 Å². The lowest BCUT2D eigenvalue weighted by molar-refractivity contribution is 0.599. The zero-order valence-electron chi connectivity index (χ0n) is 12.4. The number of aromatic nitrogens is 3. The summed E-state index contributed by atoms with van der Waals surface area (Å²) in [5, 5.41) is 9.34. The first-order valence-electron chi connectivity index (χ1n) is 7.02. The van der Waals surface area contributed by atoms with E-state index in [1.54, 1.807) is 6.07 Å². The molecule has 0 unspecified atom stereocenters. The minimum absolute atomic E-state index is 0.0961. The van der Waals surface area contributed by atoms with E-state index in [1.807, 2.05) is 11.6 Å². The molecule has 2 aromatic rings. The Labute approximate surface area is 143 Å². The molecule has 0 amide bonds. The van der Waals surface area contributed by atoms with Crippen molar-refractivity contribution in [3.8, 4) is 0 Å². The highest BCUT2D eigenvalue weighted by Gasteiger charge is 2.32. The van der Waals surface area contributed by atoms with Crippen LogP contribution in [-0.2, 0) is 22.6 Å². The van der Waals surface area contributed by atoms with Crippen LogP contribution in [-0.4, -0.2) is 34.7 Å². The molecule has 0 saturated carbocycles. The number of hydrogen-bond acceptors (Lipinski definition) is 5. The van der Waals surface area contributed by atoms with E-state index in [-0.39, 0.29) is 23.2 Å². The maximum Gasteiger partial charge on any atom is 0.191 e. The Morgan fingerprint density at radius 2 is 2.22 bits per heavy atom. The van der Waals surface area contributed by atoms with Crippen molar-refractivity contribution in [3.05, 3.63) is 40.4 Å². The first-order valence-corrected chi connectivity index (χ1v) is 10.2. The molecule has 5 nitrogen and oxygen atoms in total. The minimum atomic E-state index is -2.96. The van der Waals surface area contributed by atoms with E-state index in [1.165, 1.54) is 23.9 Å². The van der Waals surface area contributed by atoms with Gasteiger partial charge in [-0.3, -0.25) is 0 Å². The Morgan fingerprint density at radius 1 is 1.43 bits per heavy atom. The van der Waals surface area contributed by atoms with Gasteiger partial charge < -0.3 is 4.57 Å². The molecule has 1 atom stereocenters. The van der Waals surface area contributed by atoms with Gasteiger partial charge >= 0.3 is 0 Å². The van der Waals surface area contributed by atoms with Crippen LogP contribution in [0.2, 0.25) is 5.02 Å². The standard InChI is InChI=1S/C14H15ClFN3O2S2/c1-19-13(10-4-5-23(20,21)8-10)17-18-14(19)22-7-9-2-3-11(16)6-12(9)15/h2-3,6,10H,4-5,7-8H2,1H3/t10-/m0/s1. The molecule has 1 aliphatic heterocycles. The summed E-state index contributed by atoms with van der Waals surface area (Å²) in [5.41, 5.74) is 0.811. The van der Waals surface area contributed by atoms with Crippen LogP contribution in [0.15, 0.2) is 23.4 Å². The second-order valence-corrected chi connectivity index (χ2v) is 9.10. The van der Waals surface area contributed by atoms with Crippen molar-refractivity contribution >= 4 is 33.2 Å². The fraction of sp³-hybridized carbons (Fsp3) is 0.429. The normalized spacial score (nSPS) is 20.0. The van der Waals surface area contributed by atoms with E-state index < -0.39 is 9.84 Å². The first kappa shape index (κ1) is 16.7. The van der Waals surface area contributed by atoms with Gasteiger partial charge in [0.25, 0.3) is 0 Å². The van der Waals surface area contributed by atoms with Crippen LogP contribution >= 0.6 is 23.4 Å². The summed E-state index contributed by atoms with van der Waals surface area (Å²) in [6.07, 6.45) is 0.586. The third-order valence-corrected chi connectivity index (χ3v) is 7.03. The van der Waals surface area contributed by atoms with Gasteiger partial charge in [-0.15, -0.1) is 10.2 Å². The number of nitrogens with zero attached hydrogens (tertiary/aromatic N) is 3. The molecule has 23 heavy (non-hydrogen) atoms. The Morgan fingerprint density at radius 3 is 2.87 bits per heavy atom. The van der Waals surface area contributed by atoms with Crippen molar-refractivity contribution in [2.24, 2.45) is 7.05 Å². The number of sulfone groups is 1. The summed E-state index contributed by atoms with van der Waals surface area (Å²) in [4.78, 5) is 0. The zero-order valence-corrected chi connectivity index (χ0v) is 14.8. The summed E-state index contributed by atoms with van der Waals surface area (Å²) in [5.74, 6) is 1.10. The van der Waals surface area contributed by atoms with E-state index in [9.17, 15) is 12.8 Å². The molecule has 124 valence electrons. The van der Waals surface area contributed by atoms with E-state index in [0.29, 0.717) is 28.2 Å². The number of hydrogen-bond donors (Lipinski definition) is 0. The van der Waals surface area contributed by atoms with E-state index >= 15 is 0 Å². The smallest absolute Gasteiger partial charge is 0.191 e. The van der Waals surface area contributed by atoms with Gasteiger partial charge in [-0.05, 0) is 24.1 Å². The van der Waals surface area contributed by atoms with Crippen LogP contribution < -0.4 is 0 Å². The Bertz CT molecular complexity index is 839. The Balaban J connectivity index is 1.72. The largest absolute Gasteiger partial charge is 0.309 e. The van der Waals surface area contributed by atoms with Gasteiger partial charge in [-0.1, -0.05) is 29.4 Å². The minimum Gasteiger partial charge on any atom is -0.309 e. The summed E-state index contributed by atoms with van der Waals surface area (Å²) in [7, 11) is -1.13. The molecule has 1 aromatic heterocycles. The Hall–Kier alpha value is -1.12. The van der Waals surface area contributed by atoms with Gasteiger partial charge in [0.2, 0.25) is 0 Å². The molecule has 1 aromatic carbocycles. The van der Waals surface area contributed by atoms with Gasteiger partial charge in [0.15, 0.2) is 15.0 Å². The van der Waals surface area contributed by atoms with E-state index in [4.69, 9.17) is 11.6 Å². The van der Waals surface area contributed by atoms with Crippen LogP contribution in [0.4, 0.5) is 4.39 Å². The highest BCUT2D eigenvalue weighted by atomic mass is 35.5. The zero-order chi connectivity index (χ0) is 16.6. The molecule has 0 aliphatic carbocycles. The summed E-state index contributed by atoms with van der Waals surface area (Å²) >= 11 is 7.45. The maximum absolute atomic E-state index is 13.0. The first-order chi connectivity index (χ1) is 10.9. The molecule has 0 N–H and O–H groups in total. The molecule has 0 radical (unpaired) electrons. The van der Waals surface area contributed by atoms with Crippen LogP contribution in [0, 0.1) is 5.82 Å². The van der Waals surface area contributed by atoms with Gasteiger partial charge in [-0.25, -0.2) is 12.8 Å². The van der Waals surface area contributed by atoms with Crippen molar-refractivity contribution in [1.82, 2.24) is 14.8 Å². The topological polar surface area (TPSA) is 64.8 Å². The van der Waals surface area contributed by atoms with Crippen LogP contribution in [0.5, 0.6) is 0 Å². The van der Waals surface area contributed by atoms with Crippen molar-refractivity contribution in [3.63, 3.8) is 0 Å². The fourth-order valence-electron chi connectivity index (χ4n) is 2.59.